The van der Waals surface area contributed by atoms with Gasteiger partial charge in [-0.25, -0.2) is 4.39 Å². The minimum atomic E-state index is -1.04. The quantitative estimate of drug-likeness (QED) is 0.780. The highest BCUT2D eigenvalue weighted by Gasteiger charge is 2.12. The van der Waals surface area contributed by atoms with Crippen molar-refractivity contribution in [3.8, 4) is 6.07 Å². The lowest BCUT2D eigenvalue weighted by Crippen LogP contribution is -2.15. The summed E-state index contributed by atoms with van der Waals surface area (Å²) in [7, 11) is 0. The molecule has 1 aromatic rings. The van der Waals surface area contributed by atoms with E-state index in [1.165, 1.54) is 12.1 Å². The molecule has 15 heavy (non-hydrogen) atoms. The Hall–Kier alpha value is -1.93. The molecule has 5 heteroatoms. The van der Waals surface area contributed by atoms with Crippen molar-refractivity contribution in [3.05, 3.63) is 35.1 Å². The second-order valence-electron chi connectivity index (χ2n) is 3.06. The molecule has 0 aliphatic rings. The normalized spacial score (nSPS) is 11.8. The van der Waals surface area contributed by atoms with E-state index in [-0.39, 0.29) is 12.0 Å². The smallest absolute Gasteiger partial charge is 0.305 e. The van der Waals surface area contributed by atoms with Crippen LogP contribution < -0.4 is 5.73 Å². The Kier molecular flexibility index (Phi) is 3.37. The number of aliphatic carboxylic acids is 1. The third kappa shape index (κ3) is 2.76. The molecule has 1 rings (SSSR count). The summed E-state index contributed by atoms with van der Waals surface area (Å²) >= 11 is 0. The maximum atomic E-state index is 12.9. The van der Waals surface area contributed by atoms with Crippen LogP contribution >= 0.6 is 0 Å². The van der Waals surface area contributed by atoms with E-state index in [0.29, 0.717) is 5.56 Å². The lowest BCUT2D eigenvalue weighted by molar-refractivity contribution is -0.137. The average molecular weight is 208 g/mol. The summed E-state index contributed by atoms with van der Waals surface area (Å²) < 4.78 is 12.9. The number of carbonyl (C=O) groups is 1. The molecule has 0 aliphatic heterocycles. The van der Waals surface area contributed by atoms with Crippen LogP contribution in [0.25, 0.3) is 0 Å². The van der Waals surface area contributed by atoms with E-state index in [9.17, 15) is 9.18 Å². The van der Waals surface area contributed by atoms with Gasteiger partial charge in [0.2, 0.25) is 0 Å². The van der Waals surface area contributed by atoms with Crippen molar-refractivity contribution in [2.45, 2.75) is 12.5 Å². The van der Waals surface area contributed by atoms with Gasteiger partial charge in [-0.1, -0.05) is 6.07 Å². The van der Waals surface area contributed by atoms with Crippen LogP contribution in [0.3, 0.4) is 0 Å². The first-order chi connectivity index (χ1) is 7.04. The van der Waals surface area contributed by atoms with Crippen molar-refractivity contribution >= 4 is 5.97 Å². The first kappa shape index (κ1) is 11.1. The van der Waals surface area contributed by atoms with Gasteiger partial charge in [-0.05, 0) is 17.7 Å². The molecular weight excluding hydrogens is 199 g/mol. The lowest BCUT2D eigenvalue weighted by atomic mass is 10.0. The fourth-order valence-corrected chi connectivity index (χ4v) is 1.17. The monoisotopic (exact) mass is 208 g/mol. The molecule has 1 aromatic carbocycles. The number of rotatable bonds is 3. The molecule has 0 amide bonds. The molecule has 3 N–H and O–H groups in total. The zero-order valence-corrected chi connectivity index (χ0v) is 7.77. The molecule has 1 atom stereocenters. The highest BCUT2D eigenvalue weighted by Crippen LogP contribution is 2.17. The number of hydrogen-bond donors (Lipinski definition) is 2. The first-order valence-electron chi connectivity index (χ1n) is 4.21. The topological polar surface area (TPSA) is 87.1 Å². The molecular formula is C10H9FN2O2. The molecule has 0 saturated heterocycles. The number of nitrogens with zero attached hydrogens (tertiary/aromatic N) is 1. The van der Waals surface area contributed by atoms with E-state index in [1.54, 1.807) is 6.07 Å². The van der Waals surface area contributed by atoms with E-state index >= 15 is 0 Å². The van der Waals surface area contributed by atoms with Gasteiger partial charge in [0, 0.05) is 6.04 Å². The van der Waals surface area contributed by atoms with Gasteiger partial charge in [0.1, 0.15) is 11.9 Å². The van der Waals surface area contributed by atoms with Crippen LogP contribution in [0.5, 0.6) is 0 Å². The Labute approximate surface area is 85.7 Å². The molecule has 0 spiro atoms. The number of nitrogens with two attached hydrogens (primary N) is 1. The highest BCUT2D eigenvalue weighted by molar-refractivity contribution is 5.67. The fraction of sp³-hybridized carbons (Fsp3) is 0.200. The molecule has 0 aliphatic carbocycles. The summed E-state index contributed by atoms with van der Waals surface area (Å²) in [5.74, 6) is -1.67. The Morgan fingerprint density at radius 2 is 2.33 bits per heavy atom. The number of carboxylic acid groups (broad SMARTS) is 1. The average Bonchev–Trinajstić information content (AvgIpc) is 2.17. The first-order valence-corrected chi connectivity index (χ1v) is 4.21. The summed E-state index contributed by atoms with van der Waals surface area (Å²) in [5, 5.41) is 17.1. The Morgan fingerprint density at radius 3 is 2.87 bits per heavy atom. The predicted octanol–water partition coefficient (Wildman–Crippen LogP) is 1.17. The zero-order chi connectivity index (χ0) is 11.4. The number of halogens is 1. The van der Waals surface area contributed by atoms with Crippen molar-refractivity contribution in [3.63, 3.8) is 0 Å². The van der Waals surface area contributed by atoms with Gasteiger partial charge in [0.05, 0.1) is 12.0 Å². The molecule has 0 heterocycles. The highest BCUT2D eigenvalue weighted by atomic mass is 19.1. The van der Waals surface area contributed by atoms with Gasteiger partial charge in [-0.15, -0.1) is 0 Å². The molecule has 0 aromatic heterocycles. The van der Waals surface area contributed by atoms with Crippen molar-refractivity contribution < 1.29 is 14.3 Å². The standard InChI is InChI=1S/C10H9FN2O2/c11-8-2-1-6(3-7(8)5-12)9(13)4-10(14)15/h1-3,9H,4,13H2,(H,14,15). The number of nitriles is 1. The maximum absolute atomic E-state index is 12.9. The minimum Gasteiger partial charge on any atom is -0.481 e. The van der Waals surface area contributed by atoms with Gasteiger partial charge in [0.15, 0.2) is 0 Å². The Balaban J connectivity index is 2.96. The molecule has 0 bridgehead atoms. The van der Waals surface area contributed by atoms with Crippen LogP contribution in [-0.4, -0.2) is 11.1 Å². The molecule has 0 fully saturated rings. The van der Waals surface area contributed by atoms with Crippen molar-refractivity contribution in [1.82, 2.24) is 0 Å². The predicted molar refractivity (Wildman–Crippen MR) is 50.3 cm³/mol. The second kappa shape index (κ2) is 4.53. The fourth-order valence-electron chi connectivity index (χ4n) is 1.17. The van der Waals surface area contributed by atoms with Crippen molar-refractivity contribution in [1.29, 1.82) is 5.26 Å². The van der Waals surface area contributed by atoms with Gasteiger partial charge in [0.25, 0.3) is 0 Å². The third-order valence-electron chi connectivity index (χ3n) is 1.93. The number of carboxylic acids is 1. The second-order valence-corrected chi connectivity index (χ2v) is 3.06. The van der Waals surface area contributed by atoms with Gasteiger partial charge < -0.3 is 10.8 Å². The van der Waals surface area contributed by atoms with Crippen LogP contribution in [-0.2, 0) is 4.79 Å². The molecule has 4 nitrogen and oxygen atoms in total. The largest absolute Gasteiger partial charge is 0.481 e. The van der Waals surface area contributed by atoms with Gasteiger partial charge in [-0.3, -0.25) is 4.79 Å². The third-order valence-corrected chi connectivity index (χ3v) is 1.93. The van der Waals surface area contributed by atoms with Crippen molar-refractivity contribution in [2.75, 3.05) is 0 Å². The van der Waals surface area contributed by atoms with E-state index in [2.05, 4.69) is 0 Å². The summed E-state index contributed by atoms with van der Waals surface area (Å²) in [6.45, 7) is 0. The van der Waals surface area contributed by atoms with Crippen LogP contribution in [0.4, 0.5) is 4.39 Å². The summed E-state index contributed by atoms with van der Waals surface area (Å²) in [4.78, 5) is 10.4. The molecule has 0 radical (unpaired) electrons. The molecule has 78 valence electrons. The van der Waals surface area contributed by atoms with Gasteiger partial charge in [-0.2, -0.15) is 5.26 Å². The minimum absolute atomic E-state index is 0.131. The Morgan fingerprint density at radius 1 is 1.67 bits per heavy atom. The van der Waals surface area contributed by atoms with Crippen LogP contribution in [0.15, 0.2) is 18.2 Å². The number of benzene rings is 1. The van der Waals surface area contributed by atoms with Crippen LogP contribution in [0, 0.1) is 17.1 Å². The zero-order valence-electron chi connectivity index (χ0n) is 7.77. The van der Waals surface area contributed by atoms with E-state index in [4.69, 9.17) is 16.1 Å². The van der Waals surface area contributed by atoms with E-state index in [0.717, 1.165) is 6.07 Å². The molecule has 0 saturated carbocycles. The maximum Gasteiger partial charge on any atom is 0.305 e. The lowest BCUT2D eigenvalue weighted by Gasteiger charge is -2.09. The Bertz CT molecular complexity index is 426. The van der Waals surface area contributed by atoms with Crippen molar-refractivity contribution in [2.24, 2.45) is 5.73 Å². The van der Waals surface area contributed by atoms with Crippen LogP contribution in [0.1, 0.15) is 23.6 Å². The van der Waals surface area contributed by atoms with E-state index < -0.39 is 17.8 Å². The number of hydrogen-bond acceptors (Lipinski definition) is 3. The van der Waals surface area contributed by atoms with Gasteiger partial charge >= 0.3 is 5.97 Å². The summed E-state index contributed by atoms with van der Waals surface area (Å²) in [5.41, 5.74) is 5.87. The SMILES string of the molecule is N#Cc1cc(C(N)CC(=O)O)ccc1F. The molecule has 1 unspecified atom stereocenters. The summed E-state index contributed by atoms with van der Waals surface area (Å²) in [6, 6.07) is 4.69. The van der Waals surface area contributed by atoms with E-state index in [1.807, 2.05) is 0 Å². The van der Waals surface area contributed by atoms with Crippen LogP contribution in [0.2, 0.25) is 0 Å². The summed E-state index contributed by atoms with van der Waals surface area (Å²) in [6.07, 6.45) is -0.253.